The molecule has 0 aliphatic heterocycles. The van der Waals surface area contributed by atoms with Crippen molar-refractivity contribution in [3.05, 3.63) is 36.8 Å². The molecule has 0 saturated heterocycles. The SMILES string of the molecule is CNc1nc(NC2CCC(NC(C)=O)CC2)nn2ccc(-c3ccc4nccnc4n3)c12. The summed E-state index contributed by atoms with van der Waals surface area (Å²) >= 11 is 0. The predicted molar refractivity (Wildman–Crippen MR) is 122 cm³/mol. The molecule has 1 fully saturated rings. The fraction of sp³-hybridized carbons (Fsp3) is 0.364. The molecule has 0 aromatic carbocycles. The van der Waals surface area contributed by atoms with Crippen LogP contribution in [0.2, 0.25) is 0 Å². The van der Waals surface area contributed by atoms with Crippen LogP contribution in [0.15, 0.2) is 36.8 Å². The van der Waals surface area contributed by atoms with Crippen LogP contribution >= 0.6 is 0 Å². The van der Waals surface area contributed by atoms with E-state index in [-0.39, 0.29) is 18.0 Å². The van der Waals surface area contributed by atoms with Gasteiger partial charge in [0.15, 0.2) is 11.5 Å². The summed E-state index contributed by atoms with van der Waals surface area (Å²) in [5.74, 6) is 1.32. The van der Waals surface area contributed by atoms with Gasteiger partial charge in [0.2, 0.25) is 11.9 Å². The highest BCUT2D eigenvalue weighted by Crippen LogP contribution is 2.30. The molecule has 4 aromatic rings. The molecule has 1 amide bonds. The summed E-state index contributed by atoms with van der Waals surface area (Å²) in [6.45, 7) is 1.57. The molecule has 1 saturated carbocycles. The Balaban J connectivity index is 1.41. The fourth-order valence-electron chi connectivity index (χ4n) is 4.32. The second-order valence-electron chi connectivity index (χ2n) is 8.05. The molecule has 0 unspecified atom stereocenters. The van der Waals surface area contributed by atoms with Crippen molar-refractivity contribution >= 4 is 34.4 Å². The number of aromatic nitrogens is 6. The number of carbonyl (C=O) groups is 1. The summed E-state index contributed by atoms with van der Waals surface area (Å²) < 4.78 is 1.82. The fourth-order valence-corrected chi connectivity index (χ4v) is 4.32. The molecule has 0 radical (unpaired) electrons. The Morgan fingerprint density at radius 1 is 1.03 bits per heavy atom. The molecule has 1 aliphatic rings. The number of carbonyl (C=O) groups excluding carboxylic acids is 1. The summed E-state index contributed by atoms with van der Waals surface area (Å²) in [4.78, 5) is 29.3. The second kappa shape index (κ2) is 8.37. The molecule has 5 rings (SSSR count). The zero-order valence-electron chi connectivity index (χ0n) is 18.0. The number of hydrogen-bond acceptors (Lipinski definition) is 8. The first-order chi connectivity index (χ1) is 15.6. The van der Waals surface area contributed by atoms with Crippen LogP contribution in [0.1, 0.15) is 32.6 Å². The number of pyridine rings is 1. The largest absolute Gasteiger partial charge is 0.371 e. The van der Waals surface area contributed by atoms with Gasteiger partial charge < -0.3 is 16.0 Å². The van der Waals surface area contributed by atoms with E-state index in [1.165, 1.54) is 0 Å². The number of fused-ring (bicyclic) bond motifs is 2. The number of rotatable bonds is 5. The van der Waals surface area contributed by atoms with Gasteiger partial charge >= 0.3 is 0 Å². The van der Waals surface area contributed by atoms with Crippen LogP contribution in [-0.4, -0.2) is 54.6 Å². The van der Waals surface area contributed by atoms with Crippen LogP contribution in [0.25, 0.3) is 27.9 Å². The van der Waals surface area contributed by atoms with Gasteiger partial charge in [-0.3, -0.25) is 9.78 Å². The van der Waals surface area contributed by atoms with Crippen molar-refractivity contribution in [1.29, 1.82) is 0 Å². The highest BCUT2D eigenvalue weighted by molar-refractivity contribution is 5.89. The number of amides is 1. The van der Waals surface area contributed by atoms with Crippen molar-refractivity contribution in [3.63, 3.8) is 0 Å². The van der Waals surface area contributed by atoms with E-state index in [1.54, 1.807) is 19.3 Å². The molecule has 0 spiro atoms. The molecular formula is C22H25N9O. The molecule has 10 heteroatoms. The molecule has 3 N–H and O–H groups in total. The summed E-state index contributed by atoms with van der Waals surface area (Å²) in [6.07, 6.45) is 9.02. The molecule has 10 nitrogen and oxygen atoms in total. The minimum Gasteiger partial charge on any atom is -0.371 e. The number of nitrogens with one attached hydrogen (secondary N) is 3. The maximum Gasteiger partial charge on any atom is 0.243 e. The standard InChI is InChI=1S/C22H25N9O/c1-13(32)26-14-3-5-15(6-4-14)27-22-29-21(23-2)19-16(9-12-31(19)30-22)17-7-8-18-20(28-17)25-11-10-24-18/h7-12,14-15H,3-6H2,1-2H3,(H,26,32)(H2,23,27,29,30). The van der Waals surface area contributed by atoms with Crippen molar-refractivity contribution in [2.24, 2.45) is 0 Å². The minimum atomic E-state index is 0.0326. The Labute approximate surface area is 184 Å². The third-order valence-corrected chi connectivity index (χ3v) is 5.82. The average molecular weight is 432 g/mol. The van der Waals surface area contributed by atoms with E-state index in [1.807, 2.05) is 36.0 Å². The van der Waals surface area contributed by atoms with E-state index in [2.05, 4.69) is 36.0 Å². The van der Waals surface area contributed by atoms with E-state index in [0.717, 1.165) is 53.8 Å². The van der Waals surface area contributed by atoms with Crippen LogP contribution in [0.5, 0.6) is 0 Å². The van der Waals surface area contributed by atoms with Gasteiger partial charge in [-0.2, -0.15) is 4.98 Å². The zero-order valence-corrected chi connectivity index (χ0v) is 18.0. The first-order valence-corrected chi connectivity index (χ1v) is 10.8. The van der Waals surface area contributed by atoms with Gasteiger partial charge in [0.05, 0.1) is 5.69 Å². The first kappa shape index (κ1) is 20.1. The molecule has 1 aliphatic carbocycles. The van der Waals surface area contributed by atoms with Crippen molar-refractivity contribution in [2.45, 2.75) is 44.7 Å². The van der Waals surface area contributed by atoms with Crippen LogP contribution in [0.3, 0.4) is 0 Å². The summed E-state index contributed by atoms with van der Waals surface area (Å²) in [5, 5.41) is 14.4. The Morgan fingerprint density at radius 2 is 1.81 bits per heavy atom. The highest BCUT2D eigenvalue weighted by Gasteiger charge is 2.23. The lowest BCUT2D eigenvalue weighted by molar-refractivity contribution is -0.119. The van der Waals surface area contributed by atoms with Gasteiger partial charge in [-0.05, 0) is 43.9 Å². The van der Waals surface area contributed by atoms with Gasteiger partial charge in [0, 0.05) is 50.2 Å². The van der Waals surface area contributed by atoms with E-state index < -0.39 is 0 Å². The van der Waals surface area contributed by atoms with Crippen molar-refractivity contribution in [2.75, 3.05) is 17.7 Å². The summed E-state index contributed by atoms with van der Waals surface area (Å²) in [6, 6.07) is 6.37. The first-order valence-electron chi connectivity index (χ1n) is 10.8. The van der Waals surface area contributed by atoms with E-state index >= 15 is 0 Å². The van der Waals surface area contributed by atoms with Gasteiger partial charge in [-0.1, -0.05) is 0 Å². The van der Waals surface area contributed by atoms with Gasteiger partial charge in [0.1, 0.15) is 11.0 Å². The maximum absolute atomic E-state index is 11.3. The maximum atomic E-state index is 11.3. The summed E-state index contributed by atoms with van der Waals surface area (Å²) in [5.41, 5.74) is 3.92. The molecular weight excluding hydrogens is 406 g/mol. The Bertz CT molecular complexity index is 1280. The molecule has 0 atom stereocenters. The van der Waals surface area contributed by atoms with Crippen molar-refractivity contribution in [3.8, 4) is 11.3 Å². The smallest absolute Gasteiger partial charge is 0.243 e. The average Bonchev–Trinajstić information content (AvgIpc) is 3.23. The zero-order chi connectivity index (χ0) is 22.1. The van der Waals surface area contributed by atoms with Crippen molar-refractivity contribution in [1.82, 2.24) is 34.9 Å². The van der Waals surface area contributed by atoms with E-state index in [4.69, 9.17) is 4.98 Å². The third kappa shape index (κ3) is 3.91. The van der Waals surface area contributed by atoms with Crippen LogP contribution in [0.4, 0.5) is 11.8 Å². The second-order valence-corrected chi connectivity index (χ2v) is 8.05. The van der Waals surface area contributed by atoms with Crippen molar-refractivity contribution < 1.29 is 4.79 Å². The van der Waals surface area contributed by atoms with Crippen LogP contribution < -0.4 is 16.0 Å². The Hall–Kier alpha value is -3.82. The topological polar surface area (TPSA) is 122 Å². The number of hydrogen-bond donors (Lipinski definition) is 3. The van der Waals surface area contributed by atoms with E-state index in [0.29, 0.717) is 11.6 Å². The molecule has 32 heavy (non-hydrogen) atoms. The molecule has 4 heterocycles. The van der Waals surface area contributed by atoms with Crippen LogP contribution in [-0.2, 0) is 4.79 Å². The quantitative estimate of drug-likeness (QED) is 0.441. The van der Waals surface area contributed by atoms with Gasteiger partial charge in [0.25, 0.3) is 0 Å². The van der Waals surface area contributed by atoms with Gasteiger partial charge in [-0.15, -0.1) is 5.10 Å². The lowest BCUT2D eigenvalue weighted by atomic mass is 9.91. The predicted octanol–water partition coefficient (Wildman–Crippen LogP) is 2.64. The molecule has 4 aromatic heterocycles. The van der Waals surface area contributed by atoms with E-state index in [9.17, 15) is 4.79 Å². The Kier molecular flexibility index (Phi) is 5.26. The highest BCUT2D eigenvalue weighted by atomic mass is 16.1. The Morgan fingerprint density at radius 3 is 2.59 bits per heavy atom. The summed E-state index contributed by atoms with van der Waals surface area (Å²) in [7, 11) is 1.85. The lowest BCUT2D eigenvalue weighted by Gasteiger charge is -2.29. The number of anilines is 2. The number of nitrogens with zero attached hydrogens (tertiary/aromatic N) is 6. The monoisotopic (exact) mass is 431 g/mol. The molecule has 0 bridgehead atoms. The normalized spacial score (nSPS) is 18.6. The third-order valence-electron chi connectivity index (χ3n) is 5.82. The van der Waals surface area contributed by atoms with Gasteiger partial charge in [-0.25, -0.2) is 14.5 Å². The minimum absolute atomic E-state index is 0.0326. The molecule has 164 valence electrons. The lowest BCUT2D eigenvalue weighted by Crippen LogP contribution is -2.39. The van der Waals surface area contributed by atoms with Crippen LogP contribution in [0, 0.1) is 0 Å².